The monoisotopic (exact) mass is 388 g/mol. The lowest BCUT2D eigenvalue weighted by Crippen LogP contribution is -2.33. The van der Waals surface area contributed by atoms with Gasteiger partial charge in [-0.05, 0) is 43.2 Å². The van der Waals surface area contributed by atoms with E-state index >= 15 is 0 Å². The van der Waals surface area contributed by atoms with Crippen molar-refractivity contribution < 1.29 is 13.2 Å². The second-order valence-corrected chi connectivity index (χ2v) is 9.09. The molecule has 144 valence electrons. The van der Waals surface area contributed by atoms with E-state index in [1.54, 1.807) is 0 Å². The first-order chi connectivity index (χ1) is 13.0. The fourth-order valence-electron chi connectivity index (χ4n) is 3.93. The van der Waals surface area contributed by atoms with Gasteiger partial charge in [-0.1, -0.05) is 24.3 Å². The molecular formula is C19H24N4O3S. The maximum atomic E-state index is 12.5. The Morgan fingerprint density at radius 1 is 1.19 bits per heavy atom. The second kappa shape index (κ2) is 7.44. The van der Waals surface area contributed by atoms with E-state index in [9.17, 15) is 13.2 Å². The molecule has 1 fully saturated rings. The van der Waals surface area contributed by atoms with Crippen LogP contribution in [0.1, 0.15) is 42.9 Å². The number of fused-ring (bicyclic) bond motifs is 1. The molecule has 0 saturated carbocycles. The van der Waals surface area contributed by atoms with Crippen molar-refractivity contribution in [3.8, 4) is 0 Å². The van der Waals surface area contributed by atoms with E-state index in [1.807, 2.05) is 12.1 Å². The van der Waals surface area contributed by atoms with Crippen LogP contribution in [0, 0.1) is 0 Å². The lowest BCUT2D eigenvalue weighted by Gasteiger charge is -2.26. The fourth-order valence-corrected chi connectivity index (χ4v) is 5.38. The number of benzene rings is 1. The van der Waals surface area contributed by atoms with Crippen molar-refractivity contribution in [1.29, 1.82) is 0 Å². The summed E-state index contributed by atoms with van der Waals surface area (Å²) in [7, 11) is -3.55. The number of sulfonamides is 1. The van der Waals surface area contributed by atoms with Crippen molar-refractivity contribution in [1.82, 2.24) is 19.2 Å². The first-order valence-corrected chi connectivity index (χ1v) is 10.9. The first-order valence-electron chi connectivity index (χ1n) is 9.43. The molecule has 1 saturated heterocycles. The zero-order chi connectivity index (χ0) is 18.9. The van der Waals surface area contributed by atoms with Crippen LogP contribution in [0.4, 0.5) is 0 Å². The predicted octanol–water partition coefficient (Wildman–Crippen LogP) is 1.86. The van der Waals surface area contributed by atoms with E-state index in [1.165, 1.54) is 32.5 Å². The fraction of sp³-hybridized carbons (Fsp3) is 0.474. The Balaban J connectivity index is 1.42. The summed E-state index contributed by atoms with van der Waals surface area (Å²) >= 11 is 0. The van der Waals surface area contributed by atoms with Gasteiger partial charge in [-0.15, -0.1) is 0 Å². The van der Waals surface area contributed by atoms with Crippen LogP contribution in [0.25, 0.3) is 0 Å². The third-order valence-electron chi connectivity index (χ3n) is 5.31. The first kappa shape index (κ1) is 18.2. The number of amides is 1. The van der Waals surface area contributed by atoms with E-state index in [-0.39, 0.29) is 23.5 Å². The van der Waals surface area contributed by atoms with Crippen molar-refractivity contribution in [2.24, 2.45) is 0 Å². The molecule has 7 nitrogen and oxygen atoms in total. The highest BCUT2D eigenvalue weighted by Crippen LogP contribution is 2.29. The molecule has 1 aromatic carbocycles. The van der Waals surface area contributed by atoms with Crippen LogP contribution in [-0.2, 0) is 27.8 Å². The summed E-state index contributed by atoms with van der Waals surface area (Å²) in [5.41, 5.74) is 2.47. The van der Waals surface area contributed by atoms with Crippen LogP contribution in [0.2, 0.25) is 0 Å². The third-order valence-corrected chi connectivity index (χ3v) is 7.09. The number of imidazole rings is 1. The van der Waals surface area contributed by atoms with Crippen LogP contribution in [0.5, 0.6) is 0 Å². The molecule has 1 amide bonds. The second-order valence-electron chi connectivity index (χ2n) is 7.21. The minimum atomic E-state index is -3.55. The molecular weight excluding hydrogens is 364 g/mol. The number of nitrogens with one attached hydrogen (secondary N) is 1. The van der Waals surface area contributed by atoms with Gasteiger partial charge in [0, 0.05) is 19.3 Å². The average Bonchev–Trinajstić information content (AvgIpc) is 3.34. The zero-order valence-electron chi connectivity index (χ0n) is 15.2. The molecule has 0 bridgehead atoms. The van der Waals surface area contributed by atoms with Crippen LogP contribution < -0.4 is 5.32 Å². The maximum Gasteiger partial charge on any atom is 0.262 e. The Kier molecular flexibility index (Phi) is 5.01. The number of rotatable bonds is 5. The van der Waals surface area contributed by atoms with Crippen LogP contribution in [-0.4, -0.2) is 41.3 Å². The standard InChI is InChI=1S/C19H24N4O3S/c24-18(21-17-9-5-7-15-6-1-2-8-16(15)17)12-22-13-19(20-14-22)27(25,26)23-10-3-4-11-23/h1-2,6,8,13-14,17H,3-5,7,9-12H2,(H,21,24). The van der Waals surface area contributed by atoms with E-state index in [4.69, 9.17) is 0 Å². The Labute approximate surface area is 159 Å². The van der Waals surface area contributed by atoms with Crippen molar-refractivity contribution in [2.75, 3.05) is 13.1 Å². The molecule has 1 aliphatic carbocycles. The smallest absolute Gasteiger partial charge is 0.262 e. The highest BCUT2D eigenvalue weighted by atomic mass is 32.2. The highest BCUT2D eigenvalue weighted by molar-refractivity contribution is 7.89. The van der Waals surface area contributed by atoms with Gasteiger partial charge in [-0.2, -0.15) is 4.31 Å². The number of nitrogens with zero attached hydrogens (tertiary/aromatic N) is 3. The predicted molar refractivity (Wildman–Crippen MR) is 100 cm³/mol. The van der Waals surface area contributed by atoms with Gasteiger partial charge in [0.15, 0.2) is 5.03 Å². The molecule has 1 atom stereocenters. The van der Waals surface area contributed by atoms with Crippen molar-refractivity contribution >= 4 is 15.9 Å². The number of aromatic nitrogens is 2. The van der Waals surface area contributed by atoms with Gasteiger partial charge in [0.05, 0.1) is 12.4 Å². The molecule has 2 aromatic rings. The molecule has 4 rings (SSSR count). The van der Waals surface area contributed by atoms with Crippen LogP contribution >= 0.6 is 0 Å². The minimum absolute atomic E-state index is 0.0128. The largest absolute Gasteiger partial charge is 0.348 e. The van der Waals surface area contributed by atoms with Gasteiger partial charge in [-0.3, -0.25) is 4.79 Å². The van der Waals surface area contributed by atoms with Crippen LogP contribution in [0.15, 0.2) is 41.8 Å². The van der Waals surface area contributed by atoms with Crippen LogP contribution in [0.3, 0.4) is 0 Å². The molecule has 1 aromatic heterocycles. The summed E-state index contributed by atoms with van der Waals surface area (Å²) in [5.74, 6) is -0.140. The van der Waals surface area contributed by atoms with E-state index < -0.39 is 10.0 Å². The van der Waals surface area contributed by atoms with E-state index in [0.29, 0.717) is 13.1 Å². The Morgan fingerprint density at radius 2 is 1.96 bits per heavy atom. The number of aryl methyl sites for hydroxylation is 1. The Hall–Kier alpha value is -2.19. The summed E-state index contributed by atoms with van der Waals surface area (Å²) in [4.78, 5) is 16.5. The van der Waals surface area contributed by atoms with E-state index in [2.05, 4.69) is 22.4 Å². The molecule has 0 radical (unpaired) electrons. The van der Waals surface area contributed by atoms with Gasteiger partial charge in [-0.25, -0.2) is 13.4 Å². The van der Waals surface area contributed by atoms with Gasteiger partial charge in [0.2, 0.25) is 5.91 Å². The summed E-state index contributed by atoms with van der Waals surface area (Å²) in [6.45, 7) is 1.13. The summed E-state index contributed by atoms with van der Waals surface area (Å²) in [6, 6.07) is 8.21. The topological polar surface area (TPSA) is 84.3 Å². The average molecular weight is 388 g/mol. The van der Waals surface area contributed by atoms with Gasteiger partial charge in [0.1, 0.15) is 6.54 Å². The SMILES string of the molecule is O=C(Cn1cnc(S(=O)(=O)N2CCCC2)c1)NC1CCCc2ccccc21. The normalized spacial score (nSPS) is 20.4. The zero-order valence-corrected chi connectivity index (χ0v) is 16.0. The van der Waals surface area contributed by atoms with Gasteiger partial charge in [0.25, 0.3) is 10.0 Å². The third kappa shape index (κ3) is 3.77. The maximum absolute atomic E-state index is 12.5. The van der Waals surface area contributed by atoms with Crippen molar-refractivity contribution in [3.63, 3.8) is 0 Å². The van der Waals surface area contributed by atoms with Gasteiger partial charge >= 0.3 is 0 Å². The molecule has 2 heterocycles. The quantitative estimate of drug-likeness (QED) is 0.847. The molecule has 1 aliphatic heterocycles. The summed E-state index contributed by atoms with van der Waals surface area (Å²) < 4.78 is 28.1. The Bertz CT molecular complexity index is 932. The lowest BCUT2D eigenvalue weighted by atomic mass is 9.88. The Morgan fingerprint density at radius 3 is 2.78 bits per heavy atom. The molecule has 2 aliphatic rings. The summed E-state index contributed by atoms with van der Waals surface area (Å²) in [6.07, 6.45) is 7.63. The number of carbonyl (C=O) groups is 1. The molecule has 27 heavy (non-hydrogen) atoms. The highest BCUT2D eigenvalue weighted by Gasteiger charge is 2.29. The summed E-state index contributed by atoms with van der Waals surface area (Å²) in [5, 5.41) is 3.09. The number of hydrogen-bond acceptors (Lipinski definition) is 4. The number of hydrogen-bond donors (Lipinski definition) is 1. The lowest BCUT2D eigenvalue weighted by molar-refractivity contribution is -0.122. The molecule has 1 unspecified atom stereocenters. The molecule has 1 N–H and O–H groups in total. The number of carbonyl (C=O) groups excluding carboxylic acids is 1. The molecule has 0 spiro atoms. The minimum Gasteiger partial charge on any atom is -0.348 e. The van der Waals surface area contributed by atoms with E-state index in [0.717, 1.165) is 32.1 Å². The molecule has 8 heteroatoms. The van der Waals surface area contributed by atoms with Crippen molar-refractivity contribution in [3.05, 3.63) is 47.9 Å². The van der Waals surface area contributed by atoms with Gasteiger partial charge < -0.3 is 9.88 Å². The van der Waals surface area contributed by atoms with Crippen molar-refractivity contribution in [2.45, 2.75) is 49.7 Å².